The Labute approximate surface area is 307 Å². The van der Waals surface area contributed by atoms with Crippen LogP contribution in [0.1, 0.15) is 129 Å². The first-order valence-electron chi connectivity index (χ1n) is 19.3. The van der Waals surface area contributed by atoms with Crippen molar-refractivity contribution in [2.75, 3.05) is 6.54 Å². The summed E-state index contributed by atoms with van der Waals surface area (Å²) in [5.74, 6) is 0.312. The maximum atomic E-state index is 12.1. The molecule has 0 atom stereocenters. The molecule has 0 heterocycles. The SMILES string of the molecule is CC/C=C\C/C=C\C/C=C\C/C=C\C/C=C\C/C=C\CCC(=O)CCCNC(=O)CC/C=C\C/C=C\C/C=C\C/C=C\C/C=C\C/C=C\CC. The molecule has 0 fully saturated rings. The number of hydrogen-bond donors (Lipinski definition) is 1. The topological polar surface area (TPSA) is 46.2 Å². The van der Waals surface area contributed by atoms with Gasteiger partial charge in [-0.1, -0.05) is 160 Å². The van der Waals surface area contributed by atoms with E-state index in [9.17, 15) is 9.59 Å². The summed E-state index contributed by atoms with van der Waals surface area (Å²) in [7, 11) is 0. The van der Waals surface area contributed by atoms with Crippen molar-refractivity contribution in [1.29, 1.82) is 0 Å². The van der Waals surface area contributed by atoms with Gasteiger partial charge in [0.05, 0.1) is 0 Å². The molecule has 0 aromatic carbocycles. The maximum Gasteiger partial charge on any atom is 0.220 e. The van der Waals surface area contributed by atoms with Gasteiger partial charge in [-0.25, -0.2) is 0 Å². The monoisotopic (exact) mass is 680 g/mol. The molecule has 3 nitrogen and oxygen atoms in total. The van der Waals surface area contributed by atoms with E-state index < -0.39 is 0 Å². The molecule has 0 unspecified atom stereocenters. The lowest BCUT2D eigenvalue weighted by molar-refractivity contribution is -0.122. The van der Waals surface area contributed by atoms with Crippen LogP contribution in [-0.4, -0.2) is 18.2 Å². The Hall–Kier alpha value is -3.98. The van der Waals surface area contributed by atoms with Crippen LogP contribution >= 0.6 is 0 Å². The van der Waals surface area contributed by atoms with Gasteiger partial charge in [-0.3, -0.25) is 9.59 Å². The average Bonchev–Trinajstić information content (AvgIpc) is 3.12. The summed E-state index contributed by atoms with van der Waals surface area (Å²) in [6.45, 7) is 4.87. The minimum atomic E-state index is 0.0509. The first-order chi connectivity index (χ1) is 24.7. The van der Waals surface area contributed by atoms with Crippen molar-refractivity contribution in [3.05, 3.63) is 146 Å². The molecule has 0 saturated heterocycles. The van der Waals surface area contributed by atoms with Gasteiger partial charge in [0.15, 0.2) is 0 Å². The molecule has 50 heavy (non-hydrogen) atoms. The molecule has 0 saturated carbocycles. The van der Waals surface area contributed by atoms with Crippen molar-refractivity contribution in [2.24, 2.45) is 0 Å². The Kier molecular flexibility index (Phi) is 37.9. The fraction of sp³-hybridized carbons (Fsp3) is 0.447. The van der Waals surface area contributed by atoms with Crippen LogP contribution in [0.4, 0.5) is 0 Å². The molecule has 0 rings (SSSR count). The van der Waals surface area contributed by atoms with Crippen molar-refractivity contribution >= 4 is 11.7 Å². The molecule has 274 valence electrons. The van der Waals surface area contributed by atoms with E-state index in [1.807, 2.05) is 0 Å². The fourth-order valence-electron chi connectivity index (χ4n) is 4.46. The summed E-state index contributed by atoms with van der Waals surface area (Å²) in [6.07, 6.45) is 68.0. The van der Waals surface area contributed by atoms with E-state index in [0.717, 1.165) is 89.9 Å². The second kappa shape index (κ2) is 41.2. The molecule has 0 aromatic rings. The van der Waals surface area contributed by atoms with E-state index in [0.29, 0.717) is 32.2 Å². The normalized spacial score (nSPS) is 13.3. The van der Waals surface area contributed by atoms with Crippen LogP contribution in [0.5, 0.6) is 0 Å². The number of Topliss-reactive ketones (excluding diaryl/α,β-unsaturated/α-hetero) is 1. The van der Waals surface area contributed by atoms with Gasteiger partial charge >= 0.3 is 0 Å². The number of allylic oxidation sites excluding steroid dienone is 24. The Balaban J connectivity index is 3.66. The molecule has 1 N–H and O–H groups in total. The lowest BCUT2D eigenvalue weighted by Gasteiger charge is -2.03. The van der Waals surface area contributed by atoms with Crippen molar-refractivity contribution < 1.29 is 9.59 Å². The molecule has 0 aromatic heterocycles. The number of nitrogens with one attached hydrogen (secondary N) is 1. The van der Waals surface area contributed by atoms with Gasteiger partial charge in [-0.15, -0.1) is 0 Å². The number of carbonyl (C=O) groups is 2. The van der Waals surface area contributed by atoms with E-state index in [-0.39, 0.29) is 11.7 Å². The van der Waals surface area contributed by atoms with E-state index in [1.165, 1.54) is 0 Å². The smallest absolute Gasteiger partial charge is 0.220 e. The summed E-state index contributed by atoms with van der Waals surface area (Å²) < 4.78 is 0. The highest BCUT2D eigenvalue weighted by Gasteiger charge is 2.02. The second-order valence-corrected chi connectivity index (χ2v) is 11.9. The zero-order valence-corrected chi connectivity index (χ0v) is 31.6. The standard InChI is InChI=1S/C47H69NO2/c1-3-5-7-9-11-13-15-17-19-21-23-25-27-29-31-33-35-37-39-42-46(49)43-41-45-48-47(50)44-40-38-36-34-32-30-28-26-24-22-20-18-16-14-12-10-8-6-4-2/h5-8,11-14,17-20,23-26,29-32,35-38H,3-4,9-10,15-16,21-22,27-28,33-34,39-45H2,1-2H3,(H,48,50)/b7-5-,8-6-,13-11-,14-12-,19-17-,20-18-,25-23-,26-24-,31-29-,32-30-,37-35-,38-36-. The minimum Gasteiger partial charge on any atom is -0.356 e. The number of carbonyl (C=O) groups excluding carboxylic acids is 2. The molecular formula is C47H69NO2. The molecule has 0 radical (unpaired) electrons. The molecule has 0 aliphatic rings. The molecule has 0 spiro atoms. The van der Waals surface area contributed by atoms with Gasteiger partial charge < -0.3 is 5.32 Å². The van der Waals surface area contributed by atoms with Crippen molar-refractivity contribution in [1.82, 2.24) is 5.32 Å². The third-order valence-electron chi connectivity index (χ3n) is 7.28. The van der Waals surface area contributed by atoms with Crippen molar-refractivity contribution in [2.45, 2.75) is 129 Å². The molecule has 3 heteroatoms. The highest BCUT2D eigenvalue weighted by Crippen LogP contribution is 2.02. The largest absolute Gasteiger partial charge is 0.356 e. The van der Waals surface area contributed by atoms with Gasteiger partial charge in [0, 0.05) is 25.8 Å². The average molecular weight is 680 g/mol. The quantitative estimate of drug-likeness (QED) is 0.0568. The number of amides is 1. The van der Waals surface area contributed by atoms with Gasteiger partial charge in [0.25, 0.3) is 0 Å². The number of ketones is 1. The zero-order chi connectivity index (χ0) is 36.3. The predicted octanol–water partition coefficient (Wildman–Crippen LogP) is 13.4. The third-order valence-corrected chi connectivity index (χ3v) is 7.28. The first kappa shape index (κ1) is 46.0. The first-order valence-corrected chi connectivity index (χ1v) is 19.3. The Morgan fingerprint density at radius 2 is 0.640 bits per heavy atom. The molecule has 0 aliphatic carbocycles. The molecule has 0 aliphatic heterocycles. The van der Waals surface area contributed by atoms with Gasteiger partial charge in [0.1, 0.15) is 5.78 Å². The molecular weight excluding hydrogens is 611 g/mol. The summed E-state index contributed by atoms with van der Waals surface area (Å²) in [5.41, 5.74) is 0. The summed E-state index contributed by atoms with van der Waals surface area (Å²) in [6, 6.07) is 0. The van der Waals surface area contributed by atoms with Crippen LogP contribution in [-0.2, 0) is 9.59 Å². The number of rotatable bonds is 32. The highest BCUT2D eigenvalue weighted by atomic mass is 16.1. The summed E-state index contributed by atoms with van der Waals surface area (Å²) in [5, 5.41) is 2.93. The van der Waals surface area contributed by atoms with Crippen LogP contribution in [0.15, 0.2) is 146 Å². The van der Waals surface area contributed by atoms with Crippen LogP contribution in [0, 0.1) is 0 Å². The summed E-state index contributed by atoms with van der Waals surface area (Å²) in [4.78, 5) is 24.2. The fourth-order valence-corrected chi connectivity index (χ4v) is 4.46. The van der Waals surface area contributed by atoms with E-state index in [2.05, 4.69) is 165 Å². The molecule has 0 bridgehead atoms. The number of hydrogen-bond acceptors (Lipinski definition) is 2. The van der Waals surface area contributed by atoms with Crippen LogP contribution in [0.2, 0.25) is 0 Å². The predicted molar refractivity (Wildman–Crippen MR) is 222 cm³/mol. The van der Waals surface area contributed by atoms with Crippen LogP contribution < -0.4 is 5.32 Å². The van der Waals surface area contributed by atoms with E-state index >= 15 is 0 Å². The zero-order valence-electron chi connectivity index (χ0n) is 31.6. The third kappa shape index (κ3) is 40.2. The van der Waals surface area contributed by atoms with Crippen molar-refractivity contribution in [3.63, 3.8) is 0 Å². The van der Waals surface area contributed by atoms with Gasteiger partial charge in [-0.05, 0) is 96.3 Å². The lowest BCUT2D eigenvalue weighted by Crippen LogP contribution is -2.24. The Bertz CT molecular complexity index is 1070. The minimum absolute atomic E-state index is 0.0509. The Morgan fingerprint density at radius 3 is 0.960 bits per heavy atom. The van der Waals surface area contributed by atoms with E-state index in [1.54, 1.807) is 0 Å². The highest BCUT2D eigenvalue weighted by molar-refractivity contribution is 5.78. The van der Waals surface area contributed by atoms with Crippen LogP contribution in [0.25, 0.3) is 0 Å². The summed E-state index contributed by atoms with van der Waals surface area (Å²) >= 11 is 0. The van der Waals surface area contributed by atoms with Gasteiger partial charge in [-0.2, -0.15) is 0 Å². The molecule has 1 amide bonds. The van der Waals surface area contributed by atoms with Gasteiger partial charge in [0.2, 0.25) is 5.91 Å². The van der Waals surface area contributed by atoms with Crippen LogP contribution in [0.3, 0.4) is 0 Å². The van der Waals surface area contributed by atoms with Crippen molar-refractivity contribution in [3.8, 4) is 0 Å². The Morgan fingerprint density at radius 1 is 0.360 bits per heavy atom. The van der Waals surface area contributed by atoms with E-state index in [4.69, 9.17) is 0 Å². The second-order valence-electron chi connectivity index (χ2n) is 11.9. The maximum absolute atomic E-state index is 12.1. The lowest BCUT2D eigenvalue weighted by atomic mass is 10.1.